The lowest BCUT2D eigenvalue weighted by atomic mass is 10.0. The van der Waals surface area contributed by atoms with E-state index >= 15 is 0 Å². The molecule has 2 rings (SSSR count). The van der Waals surface area contributed by atoms with E-state index in [1.54, 1.807) is 34.9 Å². The first kappa shape index (κ1) is 25.8. The number of anilines is 1. The van der Waals surface area contributed by atoms with Gasteiger partial charge in [-0.3, -0.25) is 4.99 Å². The Bertz CT molecular complexity index is 778. The molecule has 1 aromatic rings. The highest BCUT2D eigenvalue weighted by molar-refractivity contribution is 14.0. The van der Waals surface area contributed by atoms with E-state index in [1.165, 1.54) is 0 Å². The number of hydrogen-bond donors (Lipinski definition) is 2. The van der Waals surface area contributed by atoms with Gasteiger partial charge in [0.15, 0.2) is 15.8 Å². The molecular weight excluding hydrogens is 503 g/mol. The molecule has 7 nitrogen and oxygen atoms in total. The minimum Gasteiger partial charge on any atom is -0.497 e. The molecule has 1 unspecified atom stereocenters. The van der Waals surface area contributed by atoms with Crippen LogP contribution in [0.5, 0.6) is 5.75 Å². The molecule has 166 valence electrons. The lowest BCUT2D eigenvalue weighted by Gasteiger charge is -2.35. The van der Waals surface area contributed by atoms with E-state index in [0.29, 0.717) is 12.5 Å². The predicted octanol–water partition coefficient (Wildman–Crippen LogP) is 2.66. The van der Waals surface area contributed by atoms with Crippen molar-refractivity contribution in [3.05, 3.63) is 24.3 Å². The van der Waals surface area contributed by atoms with Gasteiger partial charge >= 0.3 is 0 Å². The van der Waals surface area contributed by atoms with E-state index in [9.17, 15) is 8.42 Å². The van der Waals surface area contributed by atoms with Gasteiger partial charge in [0.2, 0.25) is 0 Å². The Balaban J connectivity index is 0.00000420. The van der Waals surface area contributed by atoms with Crippen LogP contribution in [0.1, 0.15) is 33.6 Å². The SMILES string of the molecule is CN=C(NCCS(=O)(=O)C(C)(C)C)NC1CCCN(c2cccc(OC)c2)C1.I. The van der Waals surface area contributed by atoms with Gasteiger partial charge in [0.25, 0.3) is 0 Å². The molecule has 1 aliphatic rings. The molecule has 0 radical (unpaired) electrons. The molecule has 1 heterocycles. The smallest absolute Gasteiger partial charge is 0.191 e. The molecule has 2 N–H and O–H groups in total. The number of nitrogens with one attached hydrogen (secondary N) is 2. The number of nitrogens with zero attached hydrogens (tertiary/aromatic N) is 2. The first-order chi connectivity index (χ1) is 13.2. The van der Waals surface area contributed by atoms with Crippen LogP contribution in [-0.4, -0.2) is 64.7 Å². The average Bonchev–Trinajstić information content (AvgIpc) is 2.66. The van der Waals surface area contributed by atoms with Crippen LogP contribution in [-0.2, 0) is 9.84 Å². The minimum absolute atomic E-state index is 0. The van der Waals surface area contributed by atoms with Crippen LogP contribution in [0.3, 0.4) is 0 Å². The number of benzene rings is 1. The Hall–Kier alpha value is -1.23. The van der Waals surface area contributed by atoms with Gasteiger partial charge in [0, 0.05) is 44.5 Å². The summed E-state index contributed by atoms with van der Waals surface area (Å²) >= 11 is 0. The van der Waals surface area contributed by atoms with Gasteiger partial charge in [-0.25, -0.2) is 8.42 Å². The van der Waals surface area contributed by atoms with Crippen LogP contribution < -0.4 is 20.3 Å². The first-order valence-electron chi connectivity index (χ1n) is 9.75. The zero-order chi connectivity index (χ0) is 20.8. The van der Waals surface area contributed by atoms with Crippen LogP contribution in [0.4, 0.5) is 5.69 Å². The highest BCUT2D eigenvalue weighted by Gasteiger charge is 2.28. The van der Waals surface area contributed by atoms with Gasteiger partial charge in [-0.2, -0.15) is 0 Å². The van der Waals surface area contributed by atoms with Crippen molar-refractivity contribution in [1.29, 1.82) is 0 Å². The van der Waals surface area contributed by atoms with Gasteiger partial charge in [-0.1, -0.05) is 6.07 Å². The van der Waals surface area contributed by atoms with Crippen molar-refractivity contribution < 1.29 is 13.2 Å². The summed E-state index contributed by atoms with van der Waals surface area (Å²) in [7, 11) is 0.229. The second-order valence-corrected chi connectivity index (χ2v) is 10.9. The number of halogens is 1. The van der Waals surface area contributed by atoms with Gasteiger partial charge in [0.05, 0.1) is 17.6 Å². The summed E-state index contributed by atoms with van der Waals surface area (Å²) in [5.41, 5.74) is 1.14. The van der Waals surface area contributed by atoms with Crippen LogP contribution in [0, 0.1) is 0 Å². The van der Waals surface area contributed by atoms with Crippen LogP contribution in [0.25, 0.3) is 0 Å². The molecule has 9 heteroatoms. The molecule has 0 bridgehead atoms. The number of methoxy groups -OCH3 is 1. The number of sulfone groups is 1. The number of rotatable bonds is 6. The van der Waals surface area contributed by atoms with Crippen LogP contribution >= 0.6 is 24.0 Å². The minimum atomic E-state index is -3.15. The fourth-order valence-electron chi connectivity index (χ4n) is 3.13. The summed E-state index contributed by atoms with van der Waals surface area (Å²) in [6, 6.07) is 8.33. The molecule has 1 fully saturated rings. The lowest BCUT2D eigenvalue weighted by molar-refractivity contribution is 0.414. The number of aliphatic imine (C=N–C) groups is 1. The molecule has 1 aliphatic heterocycles. The second-order valence-electron chi connectivity index (χ2n) is 8.06. The van der Waals surface area contributed by atoms with Gasteiger partial charge in [0.1, 0.15) is 5.75 Å². The third kappa shape index (κ3) is 7.51. The van der Waals surface area contributed by atoms with E-state index in [0.717, 1.165) is 37.4 Å². The summed E-state index contributed by atoms with van der Waals surface area (Å²) in [5, 5.41) is 6.57. The number of ether oxygens (including phenoxy) is 1. The quantitative estimate of drug-likeness (QED) is 0.329. The third-order valence-corrected chi connectivity index (χ3v) is 7.61. The average molecular weight is 538 g/mol. The molecule has 0 aliphatic carbocycles. The topological polar surface area (TPSA) is 83.0 Å². The van der Waals surface area contributed by atoms with Crippen LogP contribution in [0.15, 0.2) is 29.3 Å². The molecular formula is C20H35IN4O3S. The first-order valence-corrected chi connectivity index (χ1v) is 11.4. The predicted molar refractivity (Wildman–Crippen MR) is 132 cm³/mol. The molecule has 0 amide bonds. The summed E-state index contributed by atoms with van der Waals surface area (Å²) in [4.78, 5) is 6.58. The van der Waals surface area contributed by atoms with Crippen molar-refractivity contribution in [2.24, 2.45) is 4.99 Å². The standard InChI is InChI=1S/C20H34N4O3S.HI/c1-20(2,3)28(25,26)13-11-22-19(21-4)23-16-8-7-12-24(15-16)17-9-6-10-18(14-17)27-5;/h6,9-10,14,16H,7-8,11-13,15H2,1-5H3,(H2,21,22,23);1H. The van der Waals surface area contributed by atoms with E-state index in [2.05, 4.69) is 26.6 Å². The Kier molecular flexibility index (Phi) is 10.0. The molecule has 0 aromatic heterocycles. The van der Waals surface area contributed by atoms with Crippen molar-refractivity contribution in [2.75, 3.05) is 44.4 Å². The molecule has 1 saturated heterocycles. The Labute approximate surface area is 192 Å². The van der Waals surface area contributed by atoms with Crippen molar-refractivity contribution in [2.45, 2.75) is 44.4 Å². The van der Waals surface area contributed by atoms with Crippen molar-refractivity contribution in [1.82, 2.24) is 10.6 Å². The second kappa shape index (κ2) is 11.2. The summed E-state index contributed by atoms with van der Waals surface area (Å²) < 4.78 is 29.1. The monoisotopic (exact) mass is 538 g/mol. The zero-order valence-electron chi connectivity index (χ0n) is 18.1. The fraction of sp³-hybridized carbons (Fsp3) is 0.650. The molecule has 0 saturated carbocycles. The maximum absolute atomic E-state index is 12.2. The summed E-state index contributed by atoms with van der Waals surface area (Å²) in [6.07, 6.45) is 2.12. The number of guanidine groups is 1. The number of piperidine rings is 1. The normalized spacial score (nSPS) is 18.0. The zero-order valence-corrected chi connectivity index (χ0v) is 21.2. The van der Waals surface area contributed by atoms with E-state index in [4.69, 9.17) is 4.74 Å². The summed E-state index contributed by atoms with van der Waals surface area (Å²) in [6.45, 7) is 7.38. The van der Waals surface area contributed by atoms with Crippen LogP contribution in [0.2, 0.25) is 0 Å². The Morgan fingerprint density at radius 3 is 2.69 bits per heavy atom. The highest BCUT2D eigenvalue weighted by Crippen LogP contribution is 2.24. The molecule has 1 aromatic carbocycles. The van der Waals surface area contributed by atoms with Crippen molar-refractivity contribution >= 4 is 45.5 Å². The maximum Gasteiger partial charge on any atom is 0.191 e. The van der Waals surface area contributed by atoms with E-state index in [1.807, 2.05) is 18.2 Å². The van der Waals surface area contributed by atoms with E-state index < -0.39 is 14.6 Å². The molecule has 0 spiro atoms. The number of hydrogen-bond acceptors (Lipinski definition) is 5. The van der Waals surface area contributed by atoms with Gasteiger partial charge in [-0.15, -0.1) is 24.0 Å². The Morgan fingerprint density at radius 1 is 1.34 bits per heavy atom. The summed E-state index contributed by atoms with van der Waals surface area (Å²) in [5.74, 6) is 1.57. The maximum atomic E-state index is 12.2. The lowest BCUT2D eigenvalue weighted by Crippen LogP contribution is -2.52. The largest absolute Gasteiger partial charge is 0.497 e. The van der Waals surface area contributed by atoms with Gasteiger partial charge in [-0.05, 0) is 45.7 Å². The Morgan fingerprint density at radius 2 is 2.07 bits per heavy atom. The highest BCUT2D eigenvalue weighted by atomic mass is 127. The molecule has 29 heavy (non-hydrogen) atoms. The third-order valence-electron chi connectivity index (χ3n) is 5.00. The van der Waals surface area contributed by atoms with Gasteiger partial charge < -0.3 is 20.3 Å². The van der Waals surface area contributed by atoms with E-state index in [-0.39, 0.29) is 35.8 Å². The fourth-order valence-corrected chi connectivity index (χ4v) is 4.12. The molecule has 1 atom stereocenters. The van der Waals surface area contributed by atoms with Crippen molar-refractivity contribution in [3.8, 4) is 5.75 Å². The van der Waals surface area contributed by atoms with Crippen molar-refractivity contribution in [3.63, 3.8) is 0 Å².